The summed E-state index contributed by atoms with van der Waals surface area (Å²) in [7, 11) is 0. The molecule has 27 heavy (non-hydrogen) atoms. The van der Waals surface area contributed by atoms with E-state index in [1.54, 1.807) is 0 Å². The molecule has 0 saturated carbocycles. The summed E-state index contributed by atoms with van der Waals surface area (Å²) in [6, 6.07) is 6.06. The van der Waals surface area contributed by atoms with Crippen LogP contribution < -0.4 is 5.56 Å². The number of nitrogens with zero attached hydrogens (tertiary/aromatic N) is 6. The number of pyridine rings is 1. The lowest BCUT2D eigenvalue weighted by molar-refractivity contribution is -0.450. The molecule has 1 aliphatic rings. The largest absolute Gasteiger partial charge is 0.321 e. The summed E-state index contributed by atoms with van der Waals surface area (Å²) in [5.41, 5.74) is 2.38. The van der Waals surface area contributed by atoms with Gasteiger partial charge in [-0.15, -0.1) is 5.10 Å². The van der Waals surface area contributed by atoms with Crippen LogP contribution in [0.3, 0.4) is 0 Å². The smallest absolute Gasteiger partial charge is 0.281 e. The van der Waals surface area contributed by atoms with Crippen molar-refractivity contribution in [3.63, 3.8) is 0 Å². The maximum absolute atomic E-state index is 13.3. The molecular formula is C19H22FN6O+. The van der Waals surface area contributed by atoms with Crippen molar-refractivity contribution in [2.75, 3.05) is 19.6 Å². The fraction of sp³-hybridized carbons (Fsp3) is 0.421. The third-order valence-corrected chi connectivity index (χ3v) is 5.08. The van der Waals surface area contributed by atoms with Crippen LogP contribution in [0.5, 0.6) is 0 Å². The Hall–Kier alpha value is -2.92. The Morgan fingerprint density at radius 3 is 2.93 bits per heavy atom. The second-order valence-corrected chi connectivity index (χ2v) is 6.61. The highest BCUT2D eigenvalue weighted by molar-refractivity contribution is 5.81. The molecule has 0 saturated heterocycles. The van der Waals surface area contributed by atoms with Crippen molar-refractivity contribution in [1.29, 1.82) is 5.26 Å². The van der Waals surface area contributed by atoms with Gasteiger partial charge in [-0.2, -0.15) is 9.84 Å². The van der Waals surface area contributed by atoms with Gasteiger partial charge in [-0.1, -0.05) is 22.4 Å². The van der Waals surface area contributed by atoms with E-state index < -0.39 is 5.56 Å². The van der Waals surface area contributed by atoms with Crippen molar-refractivity contribution in [2.45, 2.75) is 33.2 Å². The lowest BCUT2D eigenvalue weighted by atomic mass is 10.0. The predicted molar refractivity (Wildman–Crippen MR) is 98.8 cm³/mol. The van der Waals surface area contributed by atoms with Gasteiger partial charge in [-0.05, 0) is 25.0 Å². The van der Waals surface area contributed by atoms with Crippen molar-refractivity contribution in [3.05, 3.63) is 51.7 Å². The maximum Gasteiger partial charge on any atom is 0.321 e. The number of hydrogen-bond donors (Lipinski definition) is 0. The minimum Gasteiger partial charge on any atom is -0.281 e. The van der Waals surface area contributed by atoms with E-state index in [0.29, 0.717) is 18.8 Å². The van der Waals surface area contributed by atoms with Gasteiger partial charge in [-0.25, -0.2) is 0 Å². The third kappa shape index (κ3) is 3.51. The average molecular weight is 369 g/mol. The Labute approximate surface area is 156 Å². The first kappa shape index (κ1) is 18.9. The molecule has 0 radical (unpaired) electrons. The molecule has 0 unspecified atom stereocenters. The van der Waals surface area contributed by atoms with Crippen LogP contribution in [0.2, 0.25) is 0 Å². The highest BCUT2D eigenvalue weighted by atomic mass is 19.2. The lowest BCUT2D eigenvalue weighted by Crippen LogP contribution is -2.44. The Morgan fingerprint density at radius 1 is 1.48 bits per heavy atom. The summed E-state index contributed by atoms with van der Waals surface area (Å²) >= 11 is 0. The van der Waals surface area contributed by atoms with Gasteiger partial charge in [0.15, 0.2) is 17.8 Å². The first-order valence-corrected chi connectivity index (χ1v) is 8.94. The van der Waals surface area contributed by atoms with E-state index in [1.165, 1.54) is 11.8 Å². The van der Waals surface area contributed by atoms with Crippen LogP contribution >= 0.6 is 0 Å². The van der Waals surface area contributed by atoms with E-state index in [4.69, 9.17) is 0 Å². The van der Waals surface area contributed by atoms with Crippen LogP contribution in [0, 0.1) is 11.3 Å². The molecule has 2 aromatic heterocycles. The van der Waals surface area contributed by atoms with E-state index in [1.807, 2.05) is 29.8 Å². The van der Waals surface area contributed by atoms with E-state index in [9.17, 15) is 14.5 Å². The minimum atomic E-state index is -1.03. The van der Waals surface area contributed by atoms with E-state index in [2.05, 4.69) is 34.9 Å². The minimum absolute atomic E-state index is 0.193. The van der Waals surface area contributed by atoms with Crippen molar-refractivity contribution < 1.29 is 9.06 Å². The molecule has 3 rings (SSSR count). The van der Waals surface area contributed by atoms with E-state index in [0.717, 1.165) is 24.4 Å². The molecule has 3 heterocycles. The van der Waals surface area contributed by atoms with Crippen molar-refractivity contribution in [3.8, 4) is 6.07 Å². The fourth-order valence-corrected chi connectivity index (χ4v) is 3.59. The van der Waals surface area contributed by atoms with Crippen LogP contribution in [0.25, 0.3) is 0 Å². The summed E-state index contributed by atoms with van der Waals surface area (Å²) in [5, 5.41) is 12.7. The molecular weight excluding hydrogens is 347 g/mol. The molecule has 0 spiro atoms. The first-order chi connectivity index (χ1) is 13.0. The van der Waals surface area contributed by atoms with Gasteiger partial charge in [0.05, 0.1) is 13.1 Å². The molecule has 1 aliphatic heterocycles. The van der Waals surface area contributed by atoms with Crippen LogP contribution in [0.4, 0.5) is 10.2 Å². The number of rotatable bonds is 4. The Kier molecular flexibility index (Phi) is 5.42. The first-order valence-electron chi connectivity index (χ1n) is 8.94. The molecule has 0 aromatic carbocycles. The predicted octanol–water partition coefficient (Wildman–Crippen LogP) is 1.99. The average Bonchev–Trinajstić information content (AvgIpc) is 2.69. The number of aromatic nitrogens is 3. The standard InChI is InChI=1S/C19H22FN6O/c1-4-17-15(6-5-7-22-17)14(3)24-8-9-25(13(2)12-24)18-11-23-26(20)19(27)16(18)10-21/h5-7,11,14H,4,8-9,12H2,1-3H3/q+1/t14-/m0/s1. The molecule has 8 heteroatoms. The highest BCUT2D eigenvalue weighted by Gasteiger charge is 2.31. The zero-order valence-corrected chi connectivity index (χ0v) is 15.7. The lowest BCUT2D eigenvalue weighted by Gasteiger charge is -2.31. The van der Waals surface area contributed by atoms with Crippen LogP contribution in [0.1, 0.15) is 43.6 Å². The normalized spacial score (nSPS) is 16.3. The summed E-state index contributed by atoms with van der Waals surface area (Å²) in [5.74, 6) is 0. The topological polar surface area (TPSA) is 77.8 Å². The van der Waals surface area contributed by atoms with Gasteiger partial charge >= 0.3 is 5.56 Å². The number of hydrogen-bond acceptors (Lipinski definition) is 5. The fourth-order valence-electron chi connectivity index (χ4n) is 3.59. The summed E-state index contributed by atoms with van der Waals surface area (Å²) in [6.45, 7) is 8.20. The zero-order chi connectivity index (χ0) is 19.6. The van der Waals surface area contributed by atoms with Gasteiger partial charge in [0.1, 0.15) is 12.3 Å². The van der Waals surface area contributed by atoms with Gasteiger partial charge in [-0.3, -0.25) is 14.7 Å². The summed E-state index contributed by atoms with van der Waals surface area (Å²) in [6.07, 6.45) is 3.92. The Bertz CT molecular complexity index is 990. The zero-order valence-electron chi connectivity index (χ0n) is 15.7. The van der Waals surface area contributed by atoms with Gasteiger partial charge in [0.2, 0.25) is 5.69 Å². The third-order valence-electron chi connectivity index (χ3n) is 5.08. The molecule has 1 atom stereocenters. The molecule has 7 nitrogen and oxygen atoms in total. The van der Waals surface area contributed by atoms with Gasteiger partial charge < -0.3 is 0 Å². The Morgan fingerprint density at radius 2 is 2.26 bits per heavy atom. The molecule has 140 valence electrons. The molecule has 0 amide bonds. The van der Waals surface area contributed by atoms with Crippen LogP contribution in [0.15, 0.2) is 29.3 Å². The van der Waals surface area contributed by atoms with Crippen molar-refractivity contribution >= 4 is 11.4 Å². The number of aryl methyl sites for hydroxylation is 1. The van der Waals surface area contributed by atoms with Crippen LogP contribution in [-0.4, -0.2) is 49.8 Å². The monoisotopic (exact) mass is 369 g/mol. The quantitative estimate of drug-likeness (QED) is 0.770. The number of halogens is 1. The Balaban J connectivity index is 1.92. The van der Waals surface area contributed by atoms with Crippen LogP contribution in [-0.2, 0) is 6.42 Å². The summed E-state index contributed by atoms with van der Waals surface area (Å²) in [4.78, 5) is 18.4. The molecule has 0 aliphatic carbocycles. The van der Waals surface area contributed by atoms with Gasteiger partial charge in [0, 0.05) is 24.9 Å². The summed E-state index contributed by atoms with van der Waals surface area (Å²) < 4.78 is 15.2. The second-order valence-electron chi connectivity index (χ2n) is 6.61. The SMILES string of the molecule is CCc1ncccc1[C@H](C)N1CC[N+](c2cnn(F)c(=O)c2C#N)=C(C)C1. The van der Waals surface area contributed by atoms with Gasteiger partial charge in [0.25, 0.3) is 0 Å². The molecule has 2 aromatic rings. The molecule has 0 N–H and O–H groups in total. The van der Waals surface area contributed by atoms with Crippen molar-refractivity contribution in [1.82, 2.24) is 19.9 Å². The second kappa shape index (κ2) is 7.76. The van der Waals surface area contributed by atoms with Crippen molar-refractivity contribution in [2.24, 2.45) is 0 Å². The molecule has 0 fully saturated rings. The van der Waals surface area contributed by atoms with E-state index in [-0.39, 0.29) is 16.5 Å². The number of nitriles is 1. The highest BCUT2D eigenvalue weighted by Crippen LogP contribution is 2.25. The van der Waals surface area contributed by atoms with E-state index >= 15 is 0 Å². The maximum atomic E-state index is 13.3. The molecule has 0 bridgehead atoms.